The van der Waals surface area contributed by atoms with Crippen LogP contribution in [0, 0.1) is 11.3 Å². The number of carbonyl (C=O) groups is 3. The van der Waals surface area contributed by atoms with Gasteiger partial charge in [0.25, 0.3) is 0 Å². The number of carbonyl (C=O) groups excluding carboxylic acids is 3. The first kappa shape index (κ1) is 30.8. The van der Waals surface area contributed by atoms with Crippen LogP contribution in [-0.4, -0.2) is 74.2 Å². The minimum atomic E-state index is -0.670. The lowest BCUT2D eigenvalue weighted by molar-refractivity contribution is -0.140. The van der Waals surface area contributed by atoms with Gasteiger partial charge in [-0.2, -0.15) is 0 Å². The van der Waals surface area contributed by atoms with E-state index in [0.717, 1.165) is 29.8 Å². The Labute approximate surface area is 254 Å². The van der Waals surface area contributed by atoms with Crippen LogP contribution in [0.2, 0.25) is 0 Å². The van der Waals surface area contributed by atoms with E-state index < -0.39 is 11.5 Å². The summed E-state index contributed by atoms with van der Waals surface area (Å²) in [5, 5.41) is 9.43. The second-order valence-electron chi connectivity index (χ2n) is 11.9. The number of piperidine rings is 1. The largest absolute Gasteiger partial charge is 0.494 e. The summed E-state index contributed by atoms with van der Waals surface area (Å²) < 4.78 is 11.1. The van der Waals surface area contributed by atoms with E-state index in [1.807, 2.05) is 61.5 Å². The Bertz CT molecular complexity index is 1260. The zero-order valence-electron chi connectivity index (χ0n) is 25.1. The molecule has 9 heteroatoms. The molecule has 43 heavy (non-hydrogen) atoms. The van der Waals surface area contributed by atoms with Gasteiger partial charge in [0, 0.05) is 44.5 Å². The van der Waals surface area contributed by atoms with Gasteiger partial charge in [0.05, 0.1) is 18.6 Å². The average Bonchev–Trinajstić information content (AvgIpc) is 3.01. The van der Waals surface area contributed by atoms with Gasteiger partial charge in [-0.1, -0.05) is 42.5 Å². The maximum atomic E-state index is 13.8. The highest BCUT2D eigenvalue weighted by Gasteiger charge is 2.41. The molecule has 9 nitrogen and oxygen atoms in total. The number of anilines is 1. The van der Waals surface area contributed by atoms with E-state index >= 15 is 0 Å². The minimum Gasteiger partial charge on any atom is -0.494 e. The van der Waals surface area contributed by atoms with Gasteiger partial charge in [-0.15, -0.1) is 0 Å². The SMILES string of the molecule is CCOc1ccc(NC(=O)CN2CC[C@H]3NC(=O)[C@@H](Cc4ccccc4)NC(=O)C4(CC=CC[C@H]3C2)CCOCC4)cc1. The highest BCUT2D eigenvalue weighted by molar-refractivity contribution is 5.92. The summed E-state index contributed by atoms with van der Waals surface area (Å²) in [6.07, 6.45) is 8.09. The lowest BCUT2D eigenvalue weighted by Gasteiger charge is -2.40. The van der Waals surface area contributed by atoms with E-state index in [4.69, 9.17) is 9.47 Å². The van der Waals surface area contributed by atoms with Crippen LogP contribution in [0.3, 0.4) is 0 Å². The summed E-state index contributed by atoms with van der Waals surface area (Å²) in [5.74, 6) is 0.629. The standard InChI is InChI=1S/C34H44N4O5/c1-2-43-28-13-11-27(12-14-28)35-31(39)24-38-19-15-29-26(23-38)10-6-7-16-34(17-20-42-21-18-34)33(41)37-30(32(40)36-29)22-25-8-4-3-5-9-25/h3-9,11-14,26,29-30H,2,10,15-24H2,1H3,(H,35,39)(H,36,40)(H,37,41)/t26-,29+,30+/m0/s1. The molecule has 0 bridgehead atoms. The fourth-order valence-corrected chi connectivity index (χ4v) is 6.40. The zero-order valence-corrected chi connectivity index (χ0v) is 25.1. The molecule has 2 aromatic carbocycles. The summed E-state index contributed by atoms with van der Waals surface area (Å²) in [5.41, 5.74) is 1.15. The summed E-state index contributed by atoms with van der Waals surface area (Å²) >= 11 is 0. The average molecular weight is 589 g/mol. The molecule has 5 rings (SSSR count). The number of benzene rings is 2. The molecular formula is C34H44N4O5. The zero-order chi connectivity index (χ0) is 30.1. The van der Waals surface area contributed by atoms with Crippen molar-refractivity contribution in [3.8, 4) is 5.75 Å². The number of hydrogen-bond acceptors (Lipinski definition) is 6. The molecule has 2 fully saturated rings. The lowest BCUT2D eigenvalue weighted by Crippen LogP contribution is -2.58. The molecule has 3 aliphatic rings. The monoisotopic (exact) mass is 588 g/mol. The Hall–Kier alpha value is -3.69. The number of ether oxygens (including phenoxy) is 2. The van der Waals surface area contributed by atoms with Gasteiger partial charge < -0.3 is 25.4 Å². The number of hydrogen-bond donors (Lipinski definition) is 3. The van der Waals surface area contributed by atoms with Gasteiger partial charge in [-0.05, 0) is 74.8 Å². The van der Waals surface area contributed by atoms with Crippen molar-refractivity contribution in [2.75, 3.05) is 44.8 Å². The molecule has 2 saturated heterocycles. The van der Waals surface area contributed by atoms with Gasteiger partial charge in [0.2, 0.25) is 17.7 Å². The van der Waals surface area contributed by atoms with Crippen molar-refractivity contribution in [3.05, 3.63) is 72.3 Å². The Kier molecular flexibility index (Phi) is 10.5. The first-order valence-corrected chi connectivity index (χ1v) is 15.6. The van der Waals surface area contributed by atoms with Crippen LogP contribution in [0.5, 0.6) is 5.75 Å². The van der Waals surface area contributed by atoms with Gasteiger partial charge in [-0.25, -0.2) is 0 Å². The van der Waals surface area contributed by atoms with E-state index in [-0.39, 0.29) is 36.2 Å². The first-order valence-electron chi connectivity index (χ1n) is 15.6. The Morgan fingerprint density at radius 1 is 1.05 bits per heavy atom. The molecule has 0 radical (unpaired) electrons. The molecule has 2 aromatic rings. The number of rotatable bonds is 7. The third kappa shape index (κ3) is 8.24. The highest BCUT2D eigenvalue weighted by atomic mass is 16.5. The Balaban J connectivity index is 1.28. The van der Waals surface area contributed by atoms with Crippen LogP contribution in [0.25, 0.3) is 0 Å². The van der Waals surface area contributed by atoms with Crippen LogP contribution in [0.1, 0.15) is 44.6 Å². The molecule has 3 amide bonds. The lowest BCUT2D eigenvalue weighted by atomic mass is 9.75. The fourth-order valence-electron chi connectivity index (χ4n) is 6.40. The van der Waals surface area contributed by atoms with Crippen molar-refractivity contribution in [1.29, 1.82) is 0 Å². The molecule has 0 unspecified atom stereocenters. The second kappa shape index (κ2) is 14.7. The summed E-state index contributed by atoms with van der Waals surface area (Å²) in [6, 6.07) is 16.5. The van der Waals surface area contributed by atoms with Crippen molar-refractivity contribution in [1.82, 2.24) is 15.5 Å². The molecule has 230 valence electrons. The van der Waals surface area contributed by atoms with Crippen molar-refractivity contribution in [2.45, 2.75) is 57.5 Å². The van der Waals surface area contributed by atoms with Crippen LogP contribution in [-0.2, 0) is 25.5 Å². The van der Waals surface area contributed by atoms with Crippen molar-refractivity contribution in [2.24, 2.45) is 11.3 Å². The molecule has 3 heterocycles. The predicted molar refractivity (Wildman–Crippen MR) is 166 cm³/mol. The maximum Gasteiger partial charge on any atom is 0.243 e. The number of amides is 3. The third-order valence-corrected chi connectivity index (χ3v) is 8.91. The van der Waals surface area contributed by atoms with Crippen molar-refractivity contribution in [3.63, 3.8) is 0 Å². The van der Waals surface area contributed by atoms with Gasteiger partial charge in [-0.3, -0.25) is 19.3 Å². The van der Waals surface area contributed by atoms with E-state index in [9.17, 15) is 14.4 Å². The molecule has 0 aliphatic carbocycles. The normalized spacial score (nSPS) is 24.5. The number of nitrogens with one attached hydrogen (secondary N) is 3. The van der Waals surface area contributed by atoms with Gasteiger partial charge >= 0.3 is 0 Å². The molecule has 3 atom stereocenters. The third-order valence-electron chi connectivity index (χ3n) is 8.91. The van der Waals surface area contributed by atoms with Gasteiger partial charge in [0.15, 0.2) is 0 Å². The van der Waals surface area contributed by atoms with E-state index in [1.165, 1.54) is 0 Å². The Morgan fingerprint density at radius 3 is 2.56 bits per heavy atom. The predicted octanol–water partition coefficient (Wildman–Crippen LogP) is 3.70. The quantitative estimate of drug-likeness (QED) is 0.426. The highest BCUT2D eigenvalue weighted by Crippen LogP contribution is 2.36. The number of nitrogens with zero attached hydrogens (tertiary/aromatic N) is 1. The van der Waals surface area contributed by atoms with Crippen LogP contribution >= 0.6 is 0 Å². The minimum absolute atomic E-state index is 0.0470. The van der Waals surface area contributed by atoms with E-state index in [0.29, 0.717) is 58.6 Å². The summed E-state index contributed by atoms with van der Waals surface area (Å²) in [7, 11) is 0. The molecular weight excluding hydrogens is 544 g/mol. The Morgan fingerprint density at radius 2 is 1.81 bits per heavy atom. The molecule has 0 aromatic heterocycles. The van der Waals surface area contributed by atoms with Crippen LogP contribution in [0.15, 0.2) is 66.7 Å². The van der Waals surface area contributed by atoms with E-state index in [2.05, 4.69) is 33.0 Å². The maximum absolute atomic E-state index is 13.8. The topological polar surface area (TPSA) is 109 Å². The van der Waals surface area contributed by atoms with E-state index in [1.54, 1.807) is 0 Å². The molecule has 3 N–H and O–H groups in total. The fraction of sp³-hybridized carbons (Fsp3) is 0.500. The number of likely N-dealkylation sites (tertiary alicyclic amines) is 1. The summed E-state index contributed by atoms with van der Waals surface area (Å²) in [6.45, 7) is 5.28. The van der Waals surface area contributed by atoms with Crippen LogP contribution < -0.4 is 20.7 Å². The number of fused-ring (bicyclic) bond motifs is 1. The smallest absolute Gasteiger partial charge is 0.243 e. The first-order chi connectivity index (χ1) is 20.9. The van der Waals surface area contributed by atoms with Gasteiger partial charge in [0.1, 0.15) is 11.8 Å². The molecule has 1 spiro atoms. The molecule has 3 aliphatic heterocycles. The van der Waals surface area contributed by atoms with Crippen molar-refractivity contribution >= 4 is 23.4 Å². The van der Waals surface area contributed by atoms with Crippen LogP contribution in [0.4, 0.5) is 5.69 Å². The molecule has 0 saturated carbocycles. The number of allylic oxidation sites excluding steroid dienone is 2. The van der Waals surface area contributed by atoms with Crippen molar-refractivity contribution < 1.29 is 23.9 Å². The second-order valence-corrected chi connectivity index (χ2v) is 11.9. The summed E-state index contributed by atoms with van der Waals surface area (Å²) in [4.78, 5) is 42.6.